The predicted octanol–water partition coefficient (Wildman–Crippen LogP) is 4.34. The molecule has 10 nitrogen and oxygen atoms in total. The van der Waals surface area contributed by atoms with Gasteiger partial charge < -0.3 is 20.6 Å². The van der Waals surface area contributed by atoms with E-state index in [1.165, 1.54) is 12.1 Å². The molecule has 13 heteroatoms. The van der Waals surface area contributed by atoms with Crippen LogP contribution in [0.3, 0.4) is 0 Å². The Hall–Kier alpha value is -4.52. The molecule has 3 N–H and O–H groups in total. The zero-order valence-corrected chi connectivity index (χ0v) is 20.9. The van der Waals surface area contributed by atoms with Crippen molar-refractivity contribution in [3.8, 4) is 5.95 Å². The van der Waals surface area contributed by atoms with E-state index in [1.807, 2.05) is 11.8 Å². The second kappa shape index (κ2) is 10.7. The Morgan fingerprint density at radius 1 is 1.10 bits per heavy atom. The second-order valence-corrected chi connectivity index (χ2v) is 9.16. The molecule has 39 heavy (non-hydrogen) atoms. The van der Waals surface area contributed by atoms with Crippen molar-refractivity contribution in [3.63, 3.8) is 0 Å². The van der Waals surface area contributed by atoms with E-state index in [0.29, 0.717) is 37.1 Å². The number of halogens is 3. The van der Waals surface area contributed by atoms with E-state index in [0.717, 1.165) is 24.1 Å². The summed E-state index contributed by atoms with van der Waals surface area (Å²) in [6.45, 7) is 2.89. The highest BCUT2D eigenvalue weighted by molar-refractivity contribution is 6.05. The molecule has 1 atom stereocenters. The van der Waals surface area contributed by atoms with Crippen molar-refractivity contribution < 1.29 is 23.1 Å². The minimum Gasteiger partial charge on any atom is -0.391 e. The molecule has 3 heterocycles. The van der Waals surface area contributed by atoms with Crippen LogP contribution < -0.4 is 15.5 Å². The minimum absolute atomic E-state index is 0.0284. The van der Waals surface area contributed by atoms with Gasteiger partial charge in [-0.3, -0.25) is 9.36 Å². The summed E-state index contributed by atoms with van der Waals surface area (Å²) in [7, 11) is 0. The monoisotopic (exact) mass is 538 g/mol. The first-order valence-electron chi connectivity index (χ1n) is 12.2. The molecule has 0 saturated carbocycles. The van der Waals surface area contributed by atoms with Gasteiger partial charge in [0.15, 0.2) is 0 Å². The maximum Gasteiger partial charge on any atom is 0.416 e. The number of carbonyl (C=O) groups excluding carboxylic acids is 1. The SMILES string of the molecule is Cc1ccc(C(=O)Nc2cccc(C(F)(F)F)c2)cc1Nc1nc(N2CCC[C@H](O)C2)nc(-n2ccnc2)n1. The van der Waals surface area contributed by atoms with Gasteiger partial charge in [-0.05, 0) is 55.7 Å². The van der Waals surface area contributed by atoms with E-state index in [1.54, 1.807) is 41.5 Å². The minimum atomic E-state index is -4.52. The molecular weight excluding hydrogens is 513 g/mol. The highest BCUT2D eigenvalue weighted by Gasteiger charge is 2.30. The Bertz CT molecular complexity index is 1480. The van der Waals surface area contributed by atoms with Crippen molar-refractivity contribution in [2.75, 3.05) is 28.6 Å². The lowest BCUT2D eigenvalue weighted by Crippen LogP contribution is -2.39. The van der Waals surface area contributed by atoms with Crippen molar-refractivity contribution in [1.29, 1.82) is 0 Å². The molecule has 0 aliphatic carbocycles. The Balaban J connectivity index is 1.42. The fourth-order valence-electron chi connectivity index (χ4n) is 4.18. The number of aliphatic hydroxyl groups is 1. The van der Waals surface area contributed by atoms with Crippen LogP contribution in [0.15, 0.2) is 61.2 Å². The van der Waals surface area contributed by atoms with Crippen LogP contribution in [0.5, 0.6) is 0 Å². The first-order chi connectivity index (χ1) is 18.7. The van der Waals surface area contributed by atoms with Gasteiger partial charge in [-0.15, -0.1) is 0 Å². The molecule has 1 fully saturated rings. The van der Waals surface area contributed by atoms with Crippen molar-refractivity contribution in [2.24, 2.45) is 0 Å². The van der Waals surface area contributed by atoms with E-state index in [2.05, 4.69) is 30.6 Å². The third-order valence-corrected chi connectivity index (χ3v) is 6.22. The van der Waals surface area contributed by atoms with Gasteiger partial charge in [0.1, 0.15) is 6.33 Å². The zero-order chi connectivity index (χ0) is 27.6. The molecule has 0 spiro atoms. The molecule has 1 aliphatic heterocycles. The molecule has 202 valence electrons. The molecule has 1 saturated heterocycles. The summed E-state index contributed by atoms with van der Waals surface area (Å²) in [6, 6.07) is 9.31. The van der Waals surface area contributed by atoms with Crippen molar-refractivity contribution in [2.45, 2.75) is 32.0 Å². The number of benzene rings is 2. The number of alkyl halides is 3. The average molecular weight is 539 g/mol. The number of piperidine rings is 1. The first kappa shape index (κ1) is 26.1. The second-order valence-electron chi connectivity index (χ2n) is 9.16. The van der Waals surface area contributed by atoms with Crippen LogP contribution in [0.1, 0.15) is 34.3 Å². The van der Waals surface area contributed by atoms with E-state index < -0.39 is 23.8 Å². The van der Waals surface area contributed by atoms with Gasteiger partial charge in [-0.1, -0.05) is 12.1 Å². The zero-order valence-electron chi connectivity index (χ0n) is 20.9. The van der Waals surface area contributed by atoms with Gasteiger partial charge >= 0.3 is 6.18 Å². The number of aryl methyl sites for hydroxylation is 1. The lowest BCUT2D eigenvalue weighted by molar-refractivity contribution is -0.137. The number of rotatable bonds is 6. The van der Waals surface area contributed by atoms with Gasteiger partial charge in [-0.2, -0.15) is 28.1 Å². The summed E-state index contributed by atoms with van der Waals surface area (Å²) in [5.74, 6) is 0.333. The van der Waals surface area contributed by atoms with Crippen LogP contribution in [0.4, 0.5) is 36.4 Å². The maximum atomic E-state index is 13.1. The number of anilines is 4. The molecule has 1 amide bonds. The number of carbonyl (C=O) groups is 1. The Morgan fingerprint density at radius 2 is 1.92 bits per heavy atom. The predicted molar refractivity (Wildman–Crippen MR) is 138 cm³/mol. The van der Waals surface area contributed by atoms with E-state index in [9.17, 15) is 23.1 Å². The number of nitrogens with zero attached hydrogens (tertiary/aromatic N) is 6. The lowest BCUT2D eigenvalue weighted by atomic mass is 10.1. The third-order valence-electron chi connectivity index (χ3n) is 6.22. The smallest absolute Gasteiger partial charge is 0.391 e. The van der Waals surface area contributed by atoms with Gasteiger partial charge in [0.05, 0.1) is 11.7 Å². The van der Waals surface area contributed by atoms with Gasteiger partial charge in [0.2, 0.25) is 17.8 Å². The van der Waals surface area contributed by atoms with E-state index in [4.69, 9.17) is 0 Å². The first-order valence-corrected chi connectivity index (χ1v) is 12.2. The van der Waals surface area contributed by atoms with Crippen molar-refractivity contribution in [1.82, 2.24) is 24.5 Å². The number of β-amino-alcohol motifs (C(OH)–C–C–N with tert-alkyl or cyclic N) is 1. The average Bonchev–Trinajstić information content (AvgIpc) is 3.45. The maximum absolute atomic E-state index is 13.1. The van der Waals surface area contributed by atoms with Crippen LogP contribution in [0.2, 0.25) is 0 Å². The van der Waals surface area contributed by atoms with Crippen LogP contribution in [-0.2, 0) is 6.18 Å². The molecule has 0 radical (unpaired) electrons. The summed E-state index contributed by atoms with van der Waals surface area (Å²) in [5, 5.41) is 15.8. The standard InChI is InChI=1S/C26H25F3N8O2/c1-16-7-8-17(22(39)31-19-5-2-4-18(13-19)26(27,28)29)12-21(16)32-23-33-24(36-10-3-6-20(38)14-36)35-25(34-23)37-11-9-30-15-37/h2,4-5,7-9,11-13,15,20,38H,3,6,10,14H2,1H3,(H,31,39)(H,32,33,34,35)/t20-/m0/s1. The van der Waals surface area contributed by atoms with Gasteiger partial charge in [0.25, 0.3) is 5.91 Å². The molecule has 4 aromatic rings. The molecule has 2 aromatic carbocycles. The normalized spacial score (nSPS) is 15.7. The Labute approximate surface area is 221 Å². The number of aliphatic hydroxyl groups excluding tert-OH is 1. The van der Waals surface area contributed by atoms with E-state index >= 15 is 0 Å². The Morgan fingerprint density at radius 3 is 2.67 bits per heavy atom. The number of hydrogen-bond donors (Lipinski definition) is 3. The summed E-state index contributed by atoms with van der Waals surface area (Å²) in [5.41, 5.74) is 0.709. The highest BCUT2D eigenvalue weighted by atomic mass is 19.4. The summed E-state index contributed by atoms with van der Waals surface area (Å²) >= 11 is 0. The lowest BCUT2D eigenvalue weighted by Gasteiger charge is -2.30. The number of imidazole rings is 1. The number of amides is 1. The largest absolute Gasteiger partial charge is 0.416 e. The summed E-state index contributed by atoms with van der Waals surface area (Å²) in [6.07, 6.45) is 1.33. The van der Waals surface area contributed by atoms with Crippen molar-refractivity contribution in [3.05, 3.63) is 77.9 Å². The fourth-order valence-corrected chi connectivity index (χ4v) is 4.18. The topological polar surface area (TPSA) is 121 Å². The van der Waals surface area contributed by atoms with Crippen molar-refractivity contribution >= 4 is 29.2 Å². The summed E-state index contributed by atoms with van der Waals surface area (Å²) in [4.78, 5) is 32.4. The van der Waals surface area contributed by atoms with Crippen LogP contribution in [-0.4, -0.2) is 54.7 Å². The number of hydrogen-bond acceptors (Lipinski definition) is 8. The number of nitrogens with one attached hydrogen (secondary N) is 2. The molecule has 0 bridgehead atoms. The fraction of sp³-hybridized carbons (Fsp3) is 0.269. The molecule has 1 aliphatic rings. The van der Waals surface area contributed by atoms with Gasteiger partial charge in [-0.25, -0.2) is 4.98 Å². The quantitative estimate of drug-likeness (QED) is 0.332. The van der Waals surface area contributed by atoms with Crippen LogP contribution >= 0.6 is 0 Å². The van der Waals surface area contributed by atoms with Crippen LogP contribution in [0, 0.1) is 6.92 Å². The third kappa shape index (κ3) is 6.14. The molecule has 5 rings (SSSR count). The molecule has 0 unspecified atom stereocenters. The van der Waals surface area contributed by atoms with Gasteiger partial charge in [0, 0.05) is 42.4 Å². The Kier molecular flexibility index (Phi) is 7.15. The number of aromatic nitrogens is 5. The molecule has 2 aromatic heterocycles. The molecular formula is C26H25F3N8O2. The highest BCUT2D eigenvalue weighted by Crippen LogP contribution is 2.31. The van der Waals surface area contributed by atoms with E-state index in [-0.39, 0.29) is 17.2 Å². The van der Waals surface area contributed by atoms with Crippen LogP contribution in [0.25, 0.3) is 5.95 Å². The summed E-state index contributed by atoms with van der Waals surface area (Å²) < 4.78 is 40.8.